The SMILES string of the molecule is COC(=O)C(=C/C=C/N[C@H]1C[C@H]1F)C(=O)OC. The summed E-state index contributed by atoms with van der Waals surface area (Å²) in [7, 11) is 2.33. The maximum atomic E-state index is 12.5. The maximum Gasteiger partial charge on any atom is 0.345 e. The summed E-state index contributed by atoms with van der Waals surface area (Å²) >= 11 is 0. The Labute approximate surface area is 98.3 Å². The van der Waals surface area contributed by atoms with E-state index < -0.39 is 18.1 Å². The molecule has 1 saturated carbocycles. The van der Waals surface area contributed by atoms with E-state index in [-0.39, 0.29) is 11.6 Å². The molecular formula is C11H14FNO4. The van der Waals surface area contributed by atoms with Gasteiger partial charge < -0.3 is 14.8 Å². The highest BCUT2D eigenvalue weighted by Gasteiger charge is 2.36. The molecule has 0 saturated heterocycles. The molecule has 0 spiro atoms. The van der Waals surface area contributed by atoms with E-state index in [0.29, 0.717) is 6.42 Å². The Balaban J connectivity index is 2.56. The number of carbonyl (C=O) groups excluding carboxylic acids is 2. The first kappa shape index (κ1) is 13.2. The highest BCUT2D eigenvalue weighted by molar-refractivity contribution is 6.14. The molecular weight excluding hydrogens is 229 g/mol. The number of nitrogens with one attached hydrogen (secondary N) is 1. The lowest BCUT2D eigenvalue weighted by molar-refractivity contribution is -0.144. The third-order valence-electron chi connectivity index (χ3n) is 2.19. The molecule has 1 aliphatic carbocycles. The number of allylic oxidation sites excluding steroid dienone is 2. The van der Waals surface area contributed by atoms with E-state index in [1.54, 1.807) is 0 Å². The fourth-order valence-electron chi connectivity index (χ4n) is 1.10. The van der Waals surface area contributed by atoms with Gasteiger partial charge in [0.2, 0.25) is 0 Å². The van der Waals surface area contributed by atoms with Crippen molar-refractivity contribution in [3.8, 4) is 0 Å². The first-order valence-electron chi connectivity index (χ1n) is 5.03. The van der Waals surface area contributed by atoms with Crippen LogP contribution in [0.25, 0.3) is 0 Å². The van der Waals surface area contributed by atoms with Gasteiger partial charge in [0.1, 0.15) is 11.7 Å². The zero-order valence-electron chi connectivity index (χ0n) is 9.60. The normalized spacial score (nSPS) is 21.8. The average molecular weight is 243 g/mol. The summed E-state index contributed by atoms with van der Waals surface area (Å²) in [6.45, 7) is 0. The van der Waals surface area contributed by atoms with Gasteiger partial charge in [-0.2, -0.15) is 0 Å². The maximum absolute atomic E-state index is 12.5. The molecule has 0 aromatic rings. The van der Waals surface area contributed by atoms with Crippen molar-refractivity contribution in [3.63, 3.8) is 0 Å². The van der Waals surface area contributed by atoms with Gasteiger partial charge in [-0.3, -0.25) is 0 Å². The Morgan fingerprint density at radius 2 is 1.82 bits per heavy atom. The molecule has 0 aliphatic heterocycles. The first-order valence-corrected chi connectivity index (χ1v) is 5.03. The molecule has 0 radical (unpaired) electrons. The summed E-state index contributed by atoms with van der Waals surface area (Å²) in [4.78, 5) is 22.4. The second-order valence-electron chi connectivity index (χ2n) is 3.45. The second kappa shape index (κ2) is 6.03. The van der Waals surface area contributed by atoms with Gasteiger partial charge >= 0.3 is 11.9 Å². The number of hydrogen-bond acceptors (Lipinski definition) is 5. The van der Waals surface area contributed by atoms with Crippen LogP contribution in [0, 0.1) is 0 Å². The highest BCUT2D eigenvalue weighted by atomic mass is 19.1. The zero-order chi connectivity index (χ0) is 12.8. The molecule has 0 aromatic carbocycles. The van der Waals surface area contributed by atoms with Gasteiger partial charge in [0.05, 0.1) is 20.3 Å². The van der Waals surface area contributed by atoms with E-state index in [0.717, 1.165) is 0 Å². The summed E-state index contributed by atoms with van der Waals surface area (Å²) in [6, 6.07) is -0.167. The fourth-order valence-corrected chi connectivity index (χ4v) is 1.10. The number of methoxy groups -OCH3 is 2. The van der Waals surface area contributed by atoms with Crippen LogP contribution < -0.4 is 5.32 Å². The third kappa shape index (κ3) is 3.90. The molecule has 1 N–H and O–H groups in total. The number of ether oxygens (including phenoxy) is 2. The van der Waals surface area contributed by atoms with E-state index >= 15 is 0 Å². The zero-order valence-corrected chi connectivity index (χ0v) is 9.60. The summed E-state index contributed by atoms with van der Waals surface area (Å²) in [5.41, 5.74) is -0.222. The van der Waals surface area contributed by atoms with Crippen molar-refractivity contribution in [1.82, 2.24) is 5.32 Å². The molecule has 0 heterocycles. The molecule has 5 nitrogen and oxygen atoms in total. The largest absolute Gasteiger partial charge is 0.465 e. The van der Waals surface area contributed by atoms with E-state index in [4.69, 9.17) is 0 Å². The number of esters is 2. The van der Waals surface area contributed by atoms with Gasteiger partial charge in [-0.1, -0.05) is 0 Å². The monoisotopic (exact) mass is 243 g/mol. The molecule has 2 atom stereocenters. The molecule has 0 amide bonds. The molecule has 0 aromatic heterocycles. The van der Waals surface area contributed by atoms with E-state index in [1.807, 2.05) is 0 Å². The number of alkyl halides is 1. The molecule has 0 unspecified atom stereocenters. The average Bonchev–Trinajstić information content (AvgIpc) is 3.03. The Morgan fingerprint density at radius 1 is 1.29 bits per heavy atom. The molecule has 1 fully saturated rings. The van der Waals surface area contributed by atoms with E-state index in [2.05, 4.69) is 14.8 Å². The van der Waals surface area contributed by atoms with Crippen LogP contribution >= 0.6 is 0 Å². The Bertz CT molecular complexity index is 346. The molecule has 17 heavy (non-hydrogen) atoms. The quantitative estimate of drug-likeness (QED) is 0.250. The first-order chi connectivity index (χ1) is 8.10. The van der Waals surface area contributed by atoms with Crippen LogP contribution in [0.2, 0.25) is 0 Å². The molecule has 6 heteroatoms. The standard InChI is InChI=1S/C11H14FNO4/c1-16-10(14)7(11(15)17-2)4-3-5-13-9-6-8(9)12/h3-5,8-9,13H,6H2,1-2H3/b5-3+/t8-,9+/m1/s1. The second-order valence-corrected chi connectivity index (χ2v) is 3.45. The van der Waals surface area contributed by atoms with E-state index in [1.165, 1.54) is 32.6 Å². The summed E-state index contributed by atoms with van der Waals surface area (Å²) in [5, 5.41) is 2.77. The van der Waals surface area contributed by atoms with Gasteiger partial charge in [-0.05, 0) is 18.4 Å². The van der Waals surface area contributed by atoms with Crippen molar-refractivity contribution < 1.29 is 23.5 Å². The van der Waals surface area contributed by atoms with Crippen molar-refractivity contribution in [2.24, 2.45) is 0 Å². The van der Waals surface area contributed by atoms with Gasteiger partial charge in [-0.15, -0.1) is 0 Å². The van der Waals surface area contributed by atoms with Crippen molar-refractivity contribution in [2.75, 3.05) is 14.2 Å². The van der Waals surface area contributed by atoms with Crippen LogP contribution in [0.1, 0.15) is 6.42 Å². The summed E-state index contributed by atoms with van der Waals surface area (Å²) < 4.78 is 21.3. The number of rotatable bonds is 5. The van der Waals surface area contributed by atoms with Crippen LogP contribution in [-0.4, -0.2) is 38.4 Å². The molecule has 1 rings (SSSR count). The molecule has 0 bridgehead atoms. The van der Waals surface area contributed by atoms with Gasteiger partial charge in [-0.25, -0.2) is 14.0 Å². The number of halogens is 1. The fraction of sp³-hybridized carbons (Fsp3) is 0.455. The van der Waals surface area contributed by atoms with E-state index in [9.17, 15) is 14.0 Å². The Kier molecular flexibility index (Phi) is 4.68. The number of carbonyl (C=O) groups is 2. The Morgan fingerprint density at radius 3 is 2.24 bits per heavy atom. The van der Waals surface area contributed by atoms with Crippen LogP contribution in [0.15, 0.2) is 23.9 Å². The minimum atomic E-state index is -0.815. The van der Waals surface area contributed by atoms with Gasteiger partial charge in [0, 0.05) is 6.42 Å². The minimum absolute atomic E-state index is 0.167. The smallest absolute Gasteiger partial charge is 0.345 e. The number of hydrogen-bond donors (Lipinski definition) is 1. The lowest BCUT2D eigenvalue weighted by Gasteiger charge is -2.01. The predicted molar refractivity (Wildman–Crippen MR) is 57.7 cm³/mol. The van der Waals surface area contributed by atoms with Gasteiger partial charge in [0.15, 0.2) is 0 Å². The summed E-state index contributed by atoms with van der Waals surface area (Å²) in [5.74, 6) is -1.56. The van der Waals surface area contributed by atoms with Crippen molar-refractivity contribution in [1.29, 1.82) is 0 Å². The van der Waals surface area contributed by atoms with Crippen molar-refractivity contribution >= 4 is 11.9 Å². The van der Waals surface area contributed by atoms with Crippen LogP contribution in [0.4, 0.5) is 4.39 Å². The highest BCUT2D eigenvalue weighted by Crippen LogP contribution is 2.24. The van der Waals surface area contributed by atoms with Crippen LogP contribution in [-0.2, 0) is 19.1 Å². The van der Waals surface area contributed by atoms with Gasteiger partial charge in [0.25, 0.3) is 0 Å². The summed E-state index contributed by atoms with van der Waals surface area (Å²) in [6.07, 6.45) is 3.81. The topological polar surface area (TPSA) is 64.6 Å². The van der Waals surface area contributed by atoms with Crippen LogP contribution in [0.3, 0.4) is 0 Å². The van der Waals surface area contributed by atoms with Crippen molar-refractivity contribution in [2.45, 2.75) is 18.6 Å². The Hall–Kier alpha value is -1.85. The van der Waals surface area contributed by atoms with Crippen molar-refractivity contribution in [3.05, 3.63) is 23.9 Å². The molecule has 94 valence electrons. The minimum Gasteiger partial charge on any atom is -0.465 e. The third-order valence-corrected chi connectivity index (χ3v) is 2.19. The predicted octanol–water partition coefficient (Wildman–Crippen LogP) is 0.472. The molecule has 1 aliphatic rings. The lowest BCUT2D eigenvalue weighted by atomic mass is 10.2. The van der Waals surface area contributed by atoms with Crippen LogP contribution in [0.5, 0.6) is 0 Å². The lowest BCUT2D eigenvalue weighted by Crippen LogP contribution is -2.15.